The molecule has 0 saturated heterocycles. The SMILES string of the molecule is CC(C)CC(=O)Nc1ccc2nc(CCc3ccccc3)[nH]c2c1. The molecule has 1 amide bonds. The predicted octanol–water partition coefficient (Wildman–Crippen LogP) is 4.33. The monoisotopic (exact) mass is 321 g/mol. The predicted molar refractivity (Wildman–Crippen MR) is 98.0 cm³/mol. The lowest BCUT2D eigenvalue weighted by molar-refractivity contribution is -0.116. The molecular formula is C20H23N3O. The van der Waals surface area contributed by atoms with Gasteiger partial charge >= 0.3 is 0 Å². The second-order valence-corrected chi connectivity index (χ2v) is 6.55. The van der Waals surface area contributed by atoms with Crippen LogP contribution in [-0.2, 0) is 17.6 Å². The van der Waals surface area contributed by atoms with Crippen LogP contribution in [0, 0.1) is 5.92 Å². The van der Waals surface area contributed by atoms with Crippen molar-refractivity contribution in [2.45, 2.75) is 33.1 Å². The quantitative estimate of drug-likeness (QED) is 0.710. The number of imidazole rings is 1. The lowest BCUT2D eigenvalue weighted by Crippen LogP contribution is -2.13. The number of aromatic nitrogens is 2. The molecule has 0 fully saturated rings. The van der Waals surface area contributed by atoms with Crippen LogP contribution in [0.4, 0.5) is 5.69 Å². The van der Waals surface area contributed by atoms with E-state index in [1.165, 1.54) is 5.56 Å². The van der Waals surface area contributed by atoms with Gasteiger partial charge in [0, 0.05) is 18.5 Å². The van der Waals surface area contributed by atoms with Gasteiger partial charge in [0.2, 0.25) is 5.91 Å². The molecule has 4 heteroatoms. The second kappa shape index (κ2) is 7.30. The van der Waals surface area contributed by atoms with E-state index in [1.807, 2.05) is 38.1 Å². The number of fused-ring (bicyclic) bond motifs is 1. The number of benzene rings is 2. The number of anilines is 1. The van der Waals surface area contributed by atoms with Crippen molar-refractivity contribution < 1.29 is 4.79 Å². The zero-order valence-electron chi connectivity index (χ0n) is 14.2. The van der Waals surface area contributed by atoms with E-state index in [-0.39, 0.29) is 5.91 Å². The van der Waals surface area contributed by atoms with Crippen LogP contribution in [0.15, 0.2) is 48.5 Å². The molecule has 0 bridgehead atoms. The van der Waals surface area contributed by atoms with E-state index in [0.717, 1.165) is 35.4 Å². The lowest BCUT2D eigenvalue weighted by atomic mass is 10.1. The van der Waals surface area contributed by atoms with Gasteiger partial charge in [0.05, 0.1) is 11.0 Å². The average molecular weight is 321 g/mol. The molecule has 2 N–H and O–H groups in total. The molecule has 24 heavy (non-hydrogen) atoms. The second-order valence-electron chi connectivity index (χ2n) is 6.55. The summed E-state index contributed by atoms with van der Waals surface area (Å²) in [6, 6.07) is 16.2. The molecule has 3 aromatic rings. The Kier molecular flexibility index (Phi) is 4.94. The summed E-state index contributed by atoms with van der Waals surface area (Å²) in [5.74, 6) is 1.37. The van der Waals surface area contributed by atoms with Gasteiger partial charge < -0.3 is 10.3 Å². The van der Waals surface area contributed by atoms with Crippen LogP contribution in [0.25, 0.3) is 11.0 Å². The highest BCUT2D eigenvalue weighted by atomic mass is 16.1. The lowest BCUT2D eigenvalue weighted by Gasteiger charge is -2.06. The average Bonchev–Trinajstić information content (AvgIpc) is 2.95. The number of rotatable bonds is 6. The number of hydrogen-bond acceptors (Lipinski definition) is 2. The van der Waals surface area contributed by atoms with E-state index in [9.17, 15) is 4.79 Å². The van der Waals surface area contributed by atoms with Crippen molar-refractivity contribution in [3.05, 3.63) is 59.9 Å². The van der Waals surface area contributed by atoms with Crippen LogP contribution < -0.4 is 5.32 Å². The number of carbonyl (C=O) groups is 1. The molecular weight excluding hydrogens is 298 g/mol. The minimum Gasteiger partial charge on any atom is -0.342 e. The van der Waals surface area contributed by atoms with E-state index in [4.69, 9.17) is 0 Å². The highest BCUT2D eigenvalue weighted by molar-refractivity contribution is 5.93. The number of nitrogens with one attached hydrogen (secondary N) is 2. The standard InChI is InChI=1S/C20H23N3O/c1-14(2)12-20(24)21-16-9-10-17-18(13-16)23-19(22-17)11-8-15-6-4-3-5-7-15/h3-7,9-10,13-14H,8,11-12H2,1-2H3,(H,21,24)(H,22,23). The van der Waals surface area contributed by atoms with Gasteiger partial charge in [0.25, 0.3) is 0 Å². The summed E-state index contributed by atoms with van der Waals surface area (Å²) in [7, 11) is 0. The zero-order valence-corrected chi connectivity index (χ0v) is 14.2. The number of amides is 1. The Hall–Kier alpha value is -2.62. The maximum Gasteiger partial charge on any atom is 0.224 e. The van der Waals surface area contributed by atoms with Gasteiger partial charge in [0.15, 0.2) is 0 Å². The molecule has 0 saturated carbocycles. The van der Waals surface area contributed by atoms with Gasteiger partial charge in [-0.3, -0.25) is 4.79 Å². The van der Waals surface area contributed by atoms with Crippen LogP contribution >= 0.6 is 0 Å². The Morgan fingerprint density at radius 2 is 1.92 bits per heavy atom. The maximum absolute atomic E-state index is 11.9. The van der Waals surface area contributed by atoms with Gasteiger partial charge in [-0.05, 0) is 36.1 Å². The summed E-state index contributed by atoms with van der Waals surface area (Å²) in [6.45, 7) is 4.08. The fourth-order valence-electron chi connectivity index (χ4n) is 2.75. The van der Waals surface area contributed by atoms with Crippen molar-refractivity contribution in [1.82, 2.24) is 9.97 Å². The van der Waals surface area contributed by atoms with Gasteiger partial charge in [-0.15, -0.1) is 0 Å². The highest BCUT2D eigenvalue weighted by Gasteiger charge is 2.08. The van der Waals surface area contributed by atoms with E-state index in [1.54, 1.807) is 0 Å². The normalized spacial score (nSPS) is 11.1. The Morgan fingerprint density at radius 3 is 2.67 bits per heavy atom. The van der Waals surface area contributed by atoms with Crippen molar-refractivity contribution in [2.24, 2.45) is 5.92 Å². The number of aromatic amines is 1. The van der Waals surface area contributed by atoms with E-state index in [0.29, 0.717) is 12.3 Å². The summed E-state index contributed by atoms with van der Waals surface area (Å²) < 4.78 is 0. The van der Waals surface area contributed by atoms with E-state index < -0.39 is 0 Å². The highest BCUT2D eigenvalue weighted by Crippen LogP contribution is 2.18. The van der Waals surface area contributed by atoms with Crippen molar-refractivity contribution in [3.63, 3.8) is 0 Å². The van der Waals surface area contributed by atoms with Crippen LogP contribution in [-0.4, -0.2) is 15.9 Å². The number of carbonyl (C=O) groups excluding carboxylic acids is 1. The zero-order chi connectivity index (χ0) is 16.9. The van der Waals surface area contributed by atoms with Crippen LogP contribution in [0.5, 0.6) is 0 Å². The third-order valence-corrected chi connectivity index (χ3v) is 3.90. The van der Waals surface area contributed by atoms with Crippen molar-refractivity contribution >= 4 is 22.6 Å². The molecule has 3 rings (SSSR count). The third-order valence-electron chi connectivity index (χ3n) is 3.90. The van der Waals surface area contributed by atoms with Gasteiger partial charge in [0.1, 0.15) is 5.82 Å². The molecule has 0 aliphatic rings. The van der Waals surface area contributed by atoms with Crippen molar-refractivity contribution in [2.75, 3.05) is 5.32 Å². The molecule has 1 heterocycles. The Balaban J connectivity index is 1.68. The van der Waals surface area contributed by atoms with E-state index >= 15 is 0 Å². The summed E-state index contributed by atoms with van der Waals surface area (Å²) in [6.07, 6.45) is 2.36. The van der Waals surface area contributed by atoms with Gasteiger partial charge in [-0.1, -0.05) is 44.2 Å². The Labute approximate surface area is 142 Å². The molecule has 0 aliphatic heterocycles. The van der Waals surface area contributed by atoms with Crippen LogP contribution in [0.2, 0.25) is 0 Å². The largest absolute Gasteiger partial charge is 0.342 e. The molecule has 0 unspecified atom stereocenters. The number of hydrogen-bond donors (Lipinski definition) is 2. The topological polar surface area (TPSA) is 57.8 Å². The Morgan fingerprint density at radius 1 is 1.12 bits per heavy atom. The third kappa shape index (κ3) is 4.22. The number of nitrogens with zero attached hydrogens (tertiary/aromatic N) is 1. The molecule has 4 nitrogen and oxygen atoms in total. The molecule has 1 aromatic heterocycles. The summed E-state index contributed by atoms with van der Waals surface area (Å²) in [5, 5.41) is 2.95. The molecule has 0 radical (unpaired) electrons. The fourth-order valence-corrected chi connectivity index (χ4v) is 2.75. The van der Waals surface area contributed by atoms with Gasteiger partial charge in [-0.25, -0.2) is 4.98 Å². The smallest absolute Gasteiger partial charge is 0.224 e. The molecule has 0 aliphatic carbocycles. The minimum atomic E-state index is 0.0492. The van der Waals surface area contributed by atoms with Crippen LogP contribution in [0.1, 0.15) is 31.7 Å². The summed E-state index contributed by atoms with van der Waals surface area (Å²) in [5.41, 5.74) is 4.01. The first-order valence-corrected chi connectivity index (χ1v) is 8.42. The maximum atomic E-state index is 11.9. The molecule has 2 aromatic carbocycles. The Bertz CT molecular complexity index is 821. The first kappa shape index (κ1) is 16.2. The van der Waals surface area contributed by atoms with E-state index in [2.05, 4.69) is 39.6 Å². The van der Waals surface area contributed by atoms with Crippen molar-refractivity contribution in [1.29, 1.82) is 0 Å². The first-order valence-electron chi connectivity index (χ1n) is 8.42. The fraction of sp³-hybridized carbons (Fsp3) is 0.300. The number of aryl methyl sites for hydroxylation is 2. The molecule has 124 valence electrons. The first-order chi connectivity index (χ1) is 11.6. The minimum absolute atomic E-state index is 0.0492. The molecule has 0 spiro atoms. The summed E-state index contributed by atoms with van der Waals surface area (Å²) >= 11 is 0. The van der Waals surface area contributed by atoms with Gasteiger partial charge in [-0.2, -0.15) is 0 Å². The molecule has 0 atom stereocenters. The number of H-pyrrole nitrogens is 1. The summed E-state index contributed by atoms with van der Waals surface area (Å²) in [4.78, 5) is 19.9. The van der Waals surface area contributed by atoms with Crippen LogP contribution in [0.3, 0.4) is 0 Å². The van der Waals surface area contributed by atoms with Crippen molar-refractivity contribution in [3.8, 4) is 0 Å².